The van der Waals surface area contributed by atoms with Crippen molar-refractivity contribution in [2.45, 2.75) is 38.8 Å². The van der Waals surface area contributed by atoms with E-state index in [1.807, 2.05) is 4.90 Å². The van der Waals surface area contributed by atoms with E-state index >= 15 is 0 Å². The fraction of sp³-hybridized carbons (Fsp3) is 0.389. The molecule has 1 aromatic rings. The first-order valence-electron chi connectivity index (χ1n) is 7.66. The first kappa shape index (κ1) is 12.7. The first-order valence-corrected chi connectivity index (χ1v) is 7.66. The zero-order valence-corrected chi connectivity index (χ0v) is 12.6. The monoisotopic (exact) mass is 281 g/mol. The van der Waals surface area contributed by atoms with Crippen LogP contribution in [0.2, 0.25) is 0 Å². The lowest BCUT2D eigenvalue weighted by Gasteiger charge is -2.33. The minimum atomic E-state index is -0.221. The summed E-state index contributed by atoms with van der Waals surface area (Å²) in [5.41, 5.74) is 8.25. The van der Waals surface area contributed by atoms with Crippen molar-refractivity contribution in [2.75, 3.05) is 7.11 Å². The van der Waals surface area contributed by atoms with Gasteiger partial charge in [0.2, 0.25) is 0 Å². The van der Waals surface area contributed by atoms with Crippen molar-refractivity contribution in [3.8, 4) is 0 Å². The summed E-state index contributed by atoms with van der Waals surface area (Å²) in [5.74, 6) is 0. The highest BCUT2D eigenvalue weighted by atomic mass is 16.5. The molecule has 0 fully saturated rings. The summed E-state index contributed by atoms with van der Waals surface area (Å²) in [4.78, 5) is 14.2. The van der Waals surface area contributed by atoms with Crippen LogP contribution in [0, 0.1) is 0 Å². The maximum absolute atomic E-state index is 12.3. The molecular formula is C18H19NO2. The van der Waals surface area contributed by atoms with Crippen LogP contribution in [0.15, 0.2) is 46.6 Å². The van der Waals surface area contributed by atoms with Gasteiger partial charge in [-0.2, -0.15) is 0 Å². The molecule has 3 nitrogen and oxygen atoms in total. The van der Waals surface area contributed by atoms with Crippen molar-refractivity contribution in [3.05, 3.63) is 57.7 Å². The zero-order valence-electron chi connectivity index (χ0n) is 12.6. The minimum absolute atomic E-state index is 0.0684. The van der Waals surface area contributed by atoms with Gasteiger partial charge in [-0.05, 0) is 46.3 Å². The van der Waals surface area contributed by atoms with Gasteiger partial charge >= 0.3 is 6.09 Å². The molecule has 2 aliphatic heterocycles. The Bertz CT molecular complexity index is 663. The van der Waals surface area contributed by atoms with Gasteiger partial charge in [0.15, 0.2) is 0 Å². The van der Waals surface area contributed by atoms with E-state index in [9.17, 15) is 4.79 Å². The Morgan fingerprint density at radius 2 is 1.52 bits per heavy atom. The number of fused-ring (bicyclic) bond motifs is 7. The Morgan fingerprint density at radius 1 is 1.05 bits per heavy atom. The van der Waals surface area contributed by atoms with E-state index in [4.69, 9.17) is 4.74 Å². The highest BCUT2D eigenvalue weighted by molar-refractivity contribution is 5.81. The minimum Gasteiger partial charge on any atom is -0.453 e. The summed E-state index contributed by atoms with van der Waals surface area (Å²) in [5, 5.41) is 0. The molecule has 21 heavy (non-hydrogen) atoms. The maximum Gasteiger partial charge on any atom is 0.411 e. The van der Waals surface area contributed by atoms with Gasteiger partial charge in [0, 0.05) is 0 Å². The Morgan fingerprint density at radius 3 is 1.90 bits per heavy atom. The van der Waals surface area contributed by atoms with Gasteiger partial charge in [-0.1, -0.05) is 38.1 Å². The summed E-state index contributed by atoms with van der Waals surface area (Å²) in [7, 11) is 1.47. The predicted molar refractivity (Wildman–Crippen MR) is 80.8 cm³/mol. The normalized spacial score (nSPS) is 25.0. The van der Waals surface area contributed by atoms with Crippen LogP contribution >= 0.6 is 0 Å². The summed E-state index contributed by atoms with van der Waals surface area (Å²) in [6.45, 7) is 4.41. The number of methoxy groups -OCH3 is 1. The number of rotatable bonds is 2. The predicted octanol–water partition coefficient (Wildman–Crippen LogP) is 4.29. The lowest BCUT2D eigenvalue weighted by atomic mass is 9.69. The van der Waals surface area contributed by atoms with Crippen LogP contribution in [0.3, 0.4) is 0 Å². The fourth-order valence-corrected chi connectivity index (χ4v) is 4.38. The number of hydrogen-bond donors (Lipinski definition) is 0. The molecule has 1 aromatic carbocycles. The molecule has 0 saturated heterocycles. The molecule has 3 aliphatic rings. The van der Waals surface area contributed by atoms with Crippen LogP contribution < -0.4 is 0 Å². The van der Waals surface area contributed by atoms with Gasteiger partial charge in [0.05, 0.1) is 19.2 Å². The van der Waals surface area contributed by atoms with E-state index in [0.717, 1.165) is 12.8 Å². The lowest BCUT2D eigenvalue weighted by molar-refractivity contribution is 0.112. The average Bonchev–Trinajstić information content (AvgIpc) is 2.96. The first-order chi connectivity index (χ1) is 10.2. The van der Waals surface area contributed by atoms with Gasteiger partial charge in [0.1, 0.15) is 0 Å². The van der Waals surface area contributed by atoms with Crippen molar-refractivity contribution in [1.82, 2.24) is 4.90 Å². The second-order valence-electron chi connectivity index (χ2n) is 5.80. The van der Waals surface area contributed by atoms with Crippen LogP contribution in [0.5, 0.6) is 0 Å². The van der Waals surface area contributed by atoms with Crippen LogP contribution in [-0.4, -0.2) is 18.1 Å². The van der Waals surface area contributed by atoms with Crippen molar-refractivity contribution in [3.63, 3.8) is 0 Å². The van der Waals surface area contributed by atoms with Crippen LogP contribution in [0.1, 0.15) is 49.9 Å². The van der Waals surface area contributed by atoms with Crippen molar-refractivity contribution in [2.24, 2.45) is 0 Å². The van der Waals surface area contributed by atoms with E-state index in [1.54, 1.807) is 0 Å². The Balaban J connectivity index is 1.87. The molecule has 2 bridgehead atoms. The number of carbonyl (C=O) groups excluding carboxylic acids is 1. The molecule has 1 amide bonds. The topological polar surface area (TPSA) is 29.5 Å². The van der Waals surface area contributed by atoms with Gasteiger partial charge < -0.3 is 4.74 Å². The third kappa shape index (κ3) is 1.32. The molecule has 2 heterocycles. The molecule has 1 aliphatic carbocycles. The Hall–Kier alpha value is -2.03. The number of benzene rings is 1. The molecule has 3 heteroatoms. The fourth-order valence-electron chi connectivity index (χ4n) is 4.38. The second kappa shape index (κ2) is 4.23. The molecule has 0 saturated carbocycles. The molecule has 2 atom stereocenters. The average molecular weight is 281 g/mol. The Labute approximate surface area is 124 Å². The van der Waals surface area contributed by atoms with Crippen LogP contribution in [-0.2, 0) is 4.74 Å². The molecule has 2 unspecified atom stereocenters. The van der Waals surface area contributed by atoms with E-state index < -0.39 is 0 Å². The number of carbonyl (C=O) groups is 1. The van der Waals surface area contributed by atoms with E-state index in [-0.39, 0.29) is 18.2 Å². The second-order valence-corrected chi connectivity index (χ2v) is 5.80. The molecule has 0 N–H and O–H groups in total. The van der Waals surface area contributed by atoms with Gasteiger partial charge in [0.25, 0.3) is 0 Å². The Kier molecular flexibility index (Phi) is 2.56. The third-order valence-corrected chi connectivity index (χ3v) is 5.09. The van der Waals surface area contributed by atoms with Crippen LogP contribution in [0.4, 0.5) is 4.79 Å². The van der Waals surface area contributed by atoms with Crippen molar-refractivity contribution in [1.29, 1.82) is 0 Å². The highest BCUT2D eigenvalue weighted by Crippen LogP contribution is 2.65. The van der Waals surface area contributed by atoms with Gasteiger partial charge in [-0.25, -0.2) is 4.79 Å². The van der Waals surface area contributed by atoms with Gasteiger partial charge in [-0.3, -0.25) is 4.90 Å². The number of nitrogens with zero attached hydrogens (tertiary/aromatic N) is 1. The molecule has 0 aromatic heterocycles. The smallest absolute Gasteiger partial charge is 0.411 e. The van der Waals surface area contributed by atoms with Crippen LogP contribution in [0.25, 0.3) is 0 Å². The highest BCUT2D eigenvalue weighted by Gasteiger charge is 2.56. The van der Waals surface area contributed by atoms with E-state index in [2.05, 4.69) is 38.1 Å². The number of amides is 1. The quantitative estimate of drug-likeness (QED) is 0.809. The molecule has 108 valence electrons. The number of ether oxygens (including phenoxy) is 1. The molecule has 0 spiro atoms. The lowest BCUT2D eigenvalue weighted by Crippen LogP contribution is -2.29. The third-order valence-electron chi connectivity index (χ3n) is 5.09. The van der Waals surface area contributed by atoms with Crippen molar-refractivity contribution >= 4 is 6.09 Å². The van der Waals surface area contributed by atoms with Gasteiger partial charge in [-0.15, -0.1) is 0 Å². The molecular weight excluding hydrogens is 262 g/mol. The maximum atomic E-state index is 12.3. The summed E-state index contributed by atoms with van der Waals surface area (Å²) in [6, 6.07) is 8.56. The van der Waals surface area contributed by atoms with Crippen molar-refractivity contribution < 1.29 is 9.53 Å². The molecule has 4 rings (SSSR count). The summed E-state index contributed by atoms with van der Waals surface area (Å²) < 4.78 is 5.05. The van der Waals surface area contributed by atoms with E-state index in [0.29, 0.717) is 0 Å². The molecule has 0 radical (unpaired) electrons. The standard InChI is InChI=1S/C18H19NO2/c1-4-10-11(5-2)15-14(10)16-12-8-6-7-9-13(12)17(15)19(16)18(20)21-3/h6-9,16-17H,4-5H2,1-3H3. The summed E-state index contributed by atoms with van der Waals surface area (Å²) in [6.07, 6.45) is 1.87. The number of hydrogen-bond acceptors (Lipinski definition) is 2. The summed E-state index contributed by atoms with van der Waals surface area (Å²) >= 11 is 0. The largest absolute Gasteiger partial charge is 0.453 e. The SMILES string of the molecule is CCC1=C(CC)C2=C1C1c3ccccc3C2N1C(=O)OC. The zero-order chi connectivity index (χ0) is 14.7. The van der Waals surface area contributed by atoms with E-state index in [1.165, 1.54) is 40.5 Å².